The van der Waals surface area contributed by atoms with Gasteiger partial charge in [0.25, 0.3) is 5.56 Å². The number of aryl methyl sites for hydroxylation is 1. The molecule has 264 valence electrons. The van der Waals surface area contributed by atoms with Crippen LogP contribution in [0.4, 0.5) is 0 Å². The van der Waals surface area contributed by atoms with Gasteiger partial charge in [-0.1, -0.05) is 29.5 Å². The van der Waals surface area contributed by atoms with Crippen molar-refractivity contribution in [3.63, 3.8) is 0 Å². The second-order valence-corrected chi connectivity index (χ2v) is 15.0. The van der Waals surface area contributed by atoms with Crippen molar-refractivity contribution in [2.45, 2.75) is 103 Å². The summed E-state index contributed by atoms with van der Waals surface area (Å²) in [5.74, 6) is 0.0423. The van der Waals surface area contributed by atoms with E-state index in [1.165, 1.54) is 20.7 Å². The van der Waals surface area contributed by atoms with E-state index in [-0.39, 0.29) is 30.9 Å². The summed E-state index contributed by atoms with van der Waals surface area (Å²) in [6, 6.07) is 7.63. The first-order valence-corrected chi connectivity index (χ1v) is 17.5. The van der Waals surface area contributed by atoms with Gasteiger partial charge in [-0.25, -0.2) is 9.36 Å². The number of nitrogens with zero attached hydrogens (tertiary/aromatic N) is 5. The van der Waals surface area contributed by atoms with Crippen molar-refractivity contribution in [1.82, 2.24) is 24.5 Å². The quantitative estimate of drug-likeness (QED) is 0.133. The molecule has 2 fully saturated rings. The summed E-state index contributed by atoms with van der Waals surface area (Å²) in [5, 5.41) is 9.51. The summed E-state index contributed by atoms with van der Waals surface area (Å²) < 4.78 is 37.8. The molecule has 5 heterocycles. The number of aromatic nitrogens is 5. The van der Waals surface area contributed by atoms with Crippen molar-refractivity contribution in [3.8, 4) is 16.8 Å². The molecule has 0 radical (unpaired) electrons. The molecule has 0 saturated carbocycles. The van der Waals surface area contributed by atoms with Gasteiger partial charge in [-0.3, -0.25) is 4.79 Å². The molecule has 4 aromatic rings. The highest BCUT2D eigenvalue weighted by Gasteiger charge is 2.40. The molecule has 0 spiro atoms. The Kier molecular flexibility index (Phi) is 10.1. The van der Waals surface area contributed by atoms with Crippen LogP contribution >= 0.6 is 11.3 Å². The fraction of sp³-hybridized carbons (Fsp3) is 0.571. The number of esters is 1. The van der Waals surface area contributed by atoms with E-state index in [2.05, 4.69) is 10.2 Å². The van der Waals surface area contributed by atoms with Gasteiger partial charge < -0.3 is 28.4 Å². The molecule has 4 atom stereocenters. The lowest BCUT2D eigenvalue weighted by Gasteiger charge is -2.33. The number of methoxy groups -OCH3 is 1. The average Bonchev–Trinajstić information content (AvgIpc) is 3.78. The number of thiophene rings is 1. The van der Waals surface area contributed by atoms with Crippen molar-refractivity contribution >= 4 is 27.5 Å². The third-order valence-electron chi connectivity index (χ3n) is 8.74. The smallest absolute Gasteiger partial charge is 0.332 e. The van der Waals surface area contributed by atoms with Crippen LogP contribution in [-0.2, 0) is 29.3 Å². The summed E-state index contributed by atoms with van der Waals surface area (Å²) in [5.41, 5.74) is -1.28. The molecule has 3 aromatic heterocycles. The van der Waals surface area contributed by atoms with E-state index in [1.54, 1.807) is 54.1 Å². The minimum Gasteiger partial charge on any atom is -0.491 e. The first-order valence-electron chi connectivity index (χ1n) is 16.7. The molecule has 0 aliphatic carbocycles. The number of carbonyl (C=O) groups excluding carboxylic acids is 1. The van der Waals surface area contributed by atoms with Crippen molar-refractivity contribution < 1.29 is 33.2 Å². The van der Waals surface area contributed by atoms with Gasteiger partial charge in [0.05, 0.1) is 42.7 Å². The molecule has 2 aliphatic rings. The SMILES string of the molecule is COCCOc1ccccc1[C@H](COc1nc2sc(-n3nccn3)c(C)c2c(=O)n1C(C)(C)C(=O)OC(C)(C)C)OC1C[C@H]2CC[C@@H](C1)O2. The molecule has 49 heavy (non-hydrogen) atoms. The Hall–Kier alpha value is -3.85. The average molecular weight is 696 g/mol. The van der Waals surface area contributed by atoms with Crippen LogP contribution in [0.15, 0.2) is 41.5 Å². The number of carbonyl (C=O) groups is 1. The van der Waals surface area contributed by atoms with Gasteiger partial charge in [0.1, 0.15) is 46.0 Å². The molecule has 2 bridgehead atoms. The van der Waals surface area contributed by atoms with Gasteiger partial charge >= 0.3 is 12.0 Å². The number of fused-ring (bicyclic) bond motifs is 3. The lowest BCUT2D eigenvalue weighted by atomic mass is 10.0. The van der Waals surface area contributed by atoms with Crippen molar-refractivity contribution in [2.24, 2.45) is 0 Å². The Balaban J connectivity index is 1.41. The molecule has 13 nitrogen and oxygen atoms in total. The number of hydrogen-bond acceptors (Lipinski definition) is 12. The standard InChI is InChI=1S/C35H45N5O8S/c1-21-28-29(49-31(21)40-36-14-15-37-40)38-33(39(30(28)41)35(5,6)32(42)48-34(2,3)4)45-20-27(47-24-18-22-12-13-23(19-24)46-22)25-10-8-9-11-26(25)44-17-16-43-7/h8-11,14-15,22-24,27H,12-13,16-20H2,1-7H3/t22-,23+,24?,27-/m0/s1. The van der Waals surface area contributed by atoms with Gasteiger partial charge in [-0.2, -0.15) is 15.2 Å². The van der Waals surface area contributed by atoms with Crippen LogP contribution in [0.3, 0.4) is 0 Å². The second-order valence-electron chi connectivity index (χ2n) is 14.0. The fourth-order valence-corrected chi connectivity index (χ4v) is 7.45. The first-order chi connectivity index (χ1) is 23.4. The summed E-state index contributed by atoms with van der Waals surface area (Å²) >= 11 is 1.27. The van der Waals surface area contributed by atoms with Crippen molar-refractivity contribution in [1.29, 1.82) is 0 Å². The predicted molar refractivity (Wildman–Crippen MR) is 183 cm³/mol. The number of benzene rings is 1. The minimum atomic E-state index is -1.49. The lowest BCUT2D eigenvalue weighted by Crippen LogP contribution is -2.47. The highest BCUT2D eigenvalue weighted by molar-refractivity contribution is 7.21. The second kappa shape index (κ2) is 14.2. The van der Waals surface area contributed by atoms with E-state index < -0.39 is 28.8 Å². The Morgan fingerprint density at radius 3 is 2.41 bits per heavy atom. The van der Waals surface area contributed by atoms with E-state index >= 15 is 0 Å². The zero-order valence-corrected chi connectivity index (χ0v) is 30.0. The van der Waals surface area contributed by atoms with E-state index in [0.29, 0.717) is 39.7 Å². The molecule has 14 heteroatoms. The molecular formula is C35H45N5O8S. The molecule has 1 aromatic carbocycles. The monoisotopic (exact) mass is 695 g/mol. The van der Waals surface area contributed by atoms with E-state index in [0.717, 1.165) is 31.2 Å². The van der Waals surface area contributed by atoms with Crippen LogP contribution in [0, 0.1) is 6.92 Å². The maximum absolute atomic E-state index is 14.5. The Morgan fingerprint density at radius 2 is 1.73 bits per heavy atom. The van der Waals surface area contributed by atoms with Crippen molar-refractivity contribution in [2.75, 3.05) is 26.9 Å². The number of ether oxygens (including phenoxy) is 6. The van der Waals surface area contributed by atoms with Crippen LogP contribution in [0.1, 0.15) is 77.5 Å². The highest BCUT2D eigenvalue weighted by Crippen LogP contribution is 2.38. The van der Waals surface area contributed by atoms with Crippen LogP contribution < -0.4 is 15.0 Å². The summed E-state index contributed by atoms with van der Waals surface area (Å²) in [6.07, 6.45) is 6.41. The Labute approximate surface area is 289 Å². The summed E-state index contributed by atoms with van der Waals surface area (Å²) in [7, 11) is 1.63. The molecular weight excluding hydrogens is 650 g/mol. The van der Waals surface area contributed by atoms with Gasteiger partial charge in [0.15, 0.2) is 0 Å². The Morgan fingerprint density at radius 1 is 1.04 bits per heavy atom. The van der Waals surface area contributed by atoms with Crippen LogP contribution in [0.5, 0.6) is 11.8 Å². The topological polar surface area (TPSA) is 138 Å². The third-order valence-corrected chi connectivity index (χ3v) is 9.90. The van der Waals surface area contributed by atoms with E-state index in [9.17, 15) is 9.59 Å². The minimum absolute atomic E-state index is 0.0163. The first kappa shape index (κ1) is 35.0. The molecule has 1 unspecified atom stereocenters. The highest BCUT2D eigenvalue weighted by atomic mass is 32.1. The van der Waals surface area contributed by atoms with Crippen LogP contribution in [0.25, 0.3) is 15.2 Å². The van der Waals surface area contributed by atoms with Crippen LogP contribution in [0.2, 0.25) is 0 Å². The van der Waals surface area contributed by atoms with Gasteiger partial charge in [0, 0.05) is 18.2 Å². The van der Waals surface area contributed by atoms with Gasteiger partial charge in [-0.15, -0.1) is 4.80 Å². The van der Waals surface area contributed by atoms with E-state index in [1.807, 2.05) is 31.2 Å². The maximum Gasteiger partial charge on any atom is 0.332 e. The molecule has 0 amide bonds. The van der Waals surface area contributed by atoms with Gasteiger partial charge in [-0.05, 0) is 73.3 Å². The Bertz CT molecular complexity index is 1820. The fourth-order valence-electron chi connectivity index (χ4n) is 6.37. The number of rotatable bonds is 13. The van der Waals surface area contributed by atoms with E-state index in [4.69, 9.17) is 33.4 Å². The van der Waals surface area contributed by atoms with Gasteiger partial charge in [0.2, 0.25) is 0 Å². The molecule has 6 rings (SSSR count). The molecule has 2 aliphatic heterocycles. The summed E-state index contributed by atoms with van der Waals surface area (Å²) in [4.78, 5) is 35.0. The zero-order chi connectivity index (χ0) is 34.9. The third kappa shape index (κ3) is 7.52. The van der Waals surface area contributed by atoms with Crippen molar-refractivity contribution in [3.05, 3.63) is 58.1 Å². The molecule has 2 saturated heterocycles. The number of para-hydroxylation sites is 1. The summed E-state index contributed by atoms with van der Waals surface area (Å²) in [6.45, 7) is 11.2. The lowest BCUT2D eigenvalue weighted by molar-refractivity contribution is -0.164. The largest absolute Gasteiger partial charge is 0.491 e. The predicted octanol–water partition coefficient (Wildman–Crippen LogP) is 5.30. The van der Waals surface area contributed by atoms with Crippen LogP contribution in [-0.4, -0.2) is 81.4 Å². The number of hydrogen-bond donors (Lipinski definition) is 0. The zero-order valence-electron chi connectivity index (χ0n) is 29.1. The maximum atomic E-state index is 14.5. The normalized spacial score (nSPS) is 20.0. The molecule has 0 N–H and O–H groups in total.